The van der Waals surface area contributed by atoms with Crippen molar-refractivity contribution >= 4 is 17.7 Å². The van der Waals surface area contributed by atoms with Crippen LogP contribution in [-0.4, -0.2) is 40.7 Å². The minimum absolute atomic E-state index is 0.470. The molecule has 1 aliphatic heterocycles. The predicted octanol–water partition coefficient (Wildman–Crippen LogP) is 3.28. The number of rotatable bonds is 5. The van der Waals surface area contributed by atoms with Crippen molar-refractivity contribution in [3.05, 3.63) is 71.0 Å². The van der Waals surface area contributed by atoms with Gasteiger partial charge in [-0.15, -0.1) is 0 Å². The molecule has 0 saturated carbocycles. The third kappa shape index (κ3) is 4.86. The van der Waals surface area contributed by atoms with Crippen molar-refractivity contribution < 1.29 is 10.0 Å². The number of aromatic nitrogens is 2. The molecular formula is C23H27N5O2. The summed E-state index contributed by atoms with van der Waals surface area (Å²) in [5, 5.41) is 12.3. The van der Waals surface area contributed by atoms with Crippen molar-refractivity contribution in [2.24, 2.45) is 0 Å². The zero-order valence-electron chi connectivity index (χ0n) is 17.0. The monoisotopic (exact) mass is 405 g/mol. The van der Waals surface area contributed by atoms with E-state index >= 15 is 0 Å². The lowest BCUT2D eigenvalue weighted by atomic mass is 9.96. The number of benzene rings is 1. The highest BCUT2D eigenvalue weighted by Crippen LogP contribution is 2.21. The van der Waals surface area contributed by atoms with Gasteiger partial charge in [0.2, 0.25) is 5.95 Å². The van der Waals surface area contributed by atoms with Gasteiger partial charge in [-0.05, 0) is 61.4 Å². The molecule has 2 aliphatic rings. The molecule has 2 heterocycles. The number of hydrogen-bond donors (Lipinski definition) is 3. The van der Waals surface area contributed by atoms with E-state index in [2.05, 4.69) is 33.4 Å². The van der Waals surface area contributed by atoms with Crippen LogP contribution in [0.25, 0.3) is 0 Å². The molecule has 4 rings (SSSR count). The molecule has 0 unspecified atom stereocenters. The van der Waals surface area contributed by atoms with Gasteiger partial charge in [0.1, 0.15) is 5.82 Å². The number of nitrogens with zero attached hydrogens (tertiary/aromatic N) is 3. The number of anilines is 2. The van der Waals surface area contributed by atoms with Gasteiger partial charge in [0, 0.05) is 31.4 Å². The smallest absolute Gasteiger partial charge is 0.274 e. The number of amides is 1. The maximum absolute atomic E-state index is 11.7. The topological polar surface area (TPSA) is 90.4 Å². The van der Waals surface area contributed by atoms with Gasteiger partial charge >= 0.3 is 0 Å². The van der Waals surface area contributed by atoms with Crippen molar-refractivity contribution in [3.8, 4) is 0 Å². The number of aryl methyl sites for hydroxylation is 1. The molecule has 156 valence electrons. The minimum Gasteiger partial charge on any atom is -0.366 e. The average Bonchev–Trinajstić information content (AvgIpc) is 2.78. The molecule has 0 bridgehead atoms. The summed E-state index contributed by atoms with van der Waals surface area (Å²) in [5.74, 6) is 1.08. The van der Waals surface area contributed by atoms with Crippen LogP contribution in [0.3, 0.4) is 0 Å². The Morgan fingerprint density at radius 1 is 1.13 bits per heavy atom. The summed E-state index contributed by atoms with van der Waals surface area (Å²) in [5.41, 5.74) is 5.95. The van der Waals surface area contributed by atoms with Crippen molar-refractivity contribution in [1.29, 1.82) is 0 Å². The molecule has 30 heavy (non-hydrogen) atoms. The third-order valence-corrected chi connectivity index (χ3v) is 5.62. The highest BCUT2D eigenvalue weighted by molar-refractivity contribution is 5.93. The standard InChI is InChI=1S/C23H27N5O2/c29-22(27-30)20-9-8-18-7-4-13-28(14-11-19(18)15-20)23-24-12-10-21(26-23)25-16-17-5-2-1-3-6-17/h1-2,5,8-10,12,15,30H,3-4,6-7,11,13-14,16H2,(H,27,29)(H,24,25,26). The molecular weight excluding hydrogens is 378 g/mol. The Hall–Kier alpha value is -3.19. The number of nitrogens with one attached hydrogen (secondary N) is 2. The highest BCUT2D eigenvalue weighted by atomic mass is 16.5. The van der Waals surface area contributed by atoms with E-state index in [4.69, 9.17) is 10.2 Å². The molecule has 2 aromatic rings. The van der Waals surface area contributed by atoms with Crippen LogP contribution in [0.2, 0.25) is 0 Å². The number of hydroxylamine groups is 1. The normalized spacial score (nSPS) is 16.2. The lowest BCUT2D eigenvalue weighted by Crippen LogP contribution is -2.31. The van der Waals surface area contributed by atoms with E-state index in [1.165, 1.54) is 11.1 Å². The number of allylic oxidation sites excluding steroid dienone is 3. The molecule has 0 radical (unpaired) electrons. The molecule has 3 N–H and O–H groups in total. The summed E-state index contributed by atoms with van der Waals surface area (Å²) in [6.07, 6.45) is 13.2. The summed E-state index contributed by atoms with van der Waals surface area (Å²) >= 11 is 0. The van der Waals surface area contributed by atoms with Crippen molar-refractivity contribution in [2.75, 3.05) is 29.9 Å². The molecule has 7 nitrogen and oxygen atoms in total. The van der Waals surface area contributed by atoms with E-state index in [9.17, 15) is 4.79 Å². The van der Waals surface area contributed by atoms with E-state index in [1.807, 2.05) is 18.2 Å². The maximum atomic E-state index is 11.7. The Balaban J connectivity index is 1.44. The molecule has 0 atom stereocenters. The molecule has 1 amide bonds. The lowest BCUT2D eigenvalue weighted by Gasteiger charge is -2.26. The first-order valence-electron chi connectivity index (χ1n) is 10.5. The molecule has 0 saturated heterocycles. The number of fused-ring (bicyclic) bond motifs is 1. The third-order valence-electron chi connectivity index (χ3n) is 5.62. The Labute approximate surface area is 176 Å². The molecule has 1 aromatic carbocycles. The van der Waals surface area contributed by atoms with Gasteiger partial charge in [-0.25, -0.2) is 10.5 Å². The van der Waals surface area contributed by atoms with Crippen LogP contribution in [0.1, 0.15) is 40.7 Å². The SMILES string of the molecule is O=C(NO)c1ccc2c(c1)CCN(c1nccc(NCC3=CC=CCC3)n1)CCC2. The quantitative estimate of drug-likeness (QED) is 0.522. The number of hydrogen-bond acceptors (Lipinski definition) is 6. The average molecular weight is 406 g/mol. The van der Waals surface area contributed by atoms with Crippen LogP contribution < -0.4 is 15.7 Å². The van der Waals surface area contributed by atoms with E-state index in [0.29, 0.717) is 5.56 Å². The van der Waals surface area contributed by atoms with Crippen LogP contribution in [0.4, 0.5) is 11.8 Å². The van der Waals surface area contributed by atoms with E-state index < -0.39 is 5.91 Å². The first kappa shape index (κ1) is 20.1. The Kier molecular flexibility index (Phi) is 6.39. The second-order valence-electron chi connectivity index (χ2n) is 7.65. The Morgan fingerprint density at radius 3 is 2.90 bits per heavy atom. The van der Waals surface area contributed by atoms with Gasteiger partial charge in [0.05, 0.1) is 0 Å². The molecule has 1 aliphatic carbocycles. The first-order valence-corrected chi connectivity index (χ1v) is 10.5. The largest absolute Gasteiger partial charge is 0.366 e. The summed E-state index contributed by atoms with van der Waals surface area (Å²) < 4.78 is 0. The van der Waals surface area contributed by atoms with Crippen LogP contribution >= 0.6 is 0 Å². The highest BCUT2D eigenvalue weighted by Gasteiger charge is 2.17. The fourth-order valence-corrected chi connectivity index (χ4v) is 3.94. The molecule has 0 fully saturated rings. The first-order chi connectivity index (χ1) is 14.7. The molecule has 7 heteroatoms. The Morgan fingerprint density at radius 2 is 2.07 bits per heavy atom. The van der Waals surface area contributed by atoms with Crippen LogP contribution in [-0.2, 0) is 12.8 Å². The van der Waals surface area contributed by atoms with Gasteiger partial charge in [-0.2, -0.15) is 4.98 Å². The molecule has 1 aromatic heterocycles. The lowest BCUT2D eigenvalue weighted by molar-refractivity contribution is 0.0706. The summed E-state index contributed by atoms with van der Waals surface area (Å²) in [6, 6.07) is 7.53. The fourth-order valence-electron chi connectivity index (χ4n) is 3.94. The molecule has 0 spiro atoms. The Bertz CT molecular complexity index is 970. The summed E-state index contributed by atoms with van der Waals surface area (Å²) in [7, 11) is 0. The minimum atomic E-state index is -0.484. The van der Waals surface area contributed by atoms with Crippen molar-refractivity contribution in [1.82, 2.24) is 15.4 Å². The second-order valence-corrected chi connectivity index (χ2v) is 7.65. The van der Waals surface area contributed by atoms with Crippen LogP contribution in [0.15, 0.2) is 54.3 Å². The van der Waals surface area contributed by atoms with Gasteiger partial charge in [-0.1, -0.05) is 29.9 Å². The zero-order valence-corrected chi connectivity index (χ0v) is 17.0. The number of carbonyl (C=O) groups is 1. The van der Waals surface area contributed by atoms with Crippen molar-refractivity contribution in [2.45, 2.75) is 32.1 Å². The van der Waals surface area contributed by atoms with Gasteiger partial charge in [0.15, 0.2) is 0 Å². The fraction of sp³-hybridized carbons (Fsp3) is 0.348. The van der Waals surface area contributed by atoms with Crippen LogP contribution in [0.5, 0.6) is 0 Å². The predicted molar refractivity (Wildman–Crippen MR) is 117 cm³/mol. The zero-order chi connectivity index (χ0) is 20.8. The van der Waals surface area contributed by atoms with E-state index in [1.54, 1.807) is 17.7 Å². The van der Waals surface area contributed by atoms with Gasteiger partial charge < -0.3 is 10.2 Å². The number of carbonyl (C=O) groups excluding carboxylic acids is 1. The van der Waals surface area contributed by atoms with E-state index in [-0.39, 0.29) is 0 Å². The summed E-state index contributed by atoms with van der Waals surface area (Å²) in [6.45, 7) is 2.46. The van der Waals surface area contributed by atoms with E-state index in [0.717, 1.165) is 69.1 Å². The van der Waals surface area contributed by atoms with Crippen LogP contribution in [0, 0.1) is 0 Å². The second kappa shape index (κ2) is 9.54. The van der Waals surface area contributed by atoms with Gasteiger partial charge in [0.25, 0.3) is 5.91 Å². The summed E-state index contributed by atoms with van der Waals surface area (Å²) in [4.78, 5) is 23.2. The van der Waals surface area contributed by atoms with Crippen molar-refractivity contribution in [3.63, 3.8) is 0 Å². The maximum Gasteiger partial charge on any atom is 0.274 e. The van der Waals surface area contributed by atoms with Gasteiger partial charge in [-0.3, -0.25) is 10.0 Å².